The lowest BCUT2D eigenvalue weighted by Crippen LogP contribution is -2.32. The fourth-order valence-corrected chi connectivity index (χ4v) is 7.91. The number of hydrogen-bond donors (Lipinski definition) is 0. The predicted molar refractivity (Wildman–Crippen MR) is 196 cm³/mol. The van der Waals surface area contributed by atoms with Crippen LogP contribution in [0.3, 0.4) is 0 Å². The van der Waals surface area contributed by atoms with Gasteiger partial charge in [-0.05, 0) is 97.9 Å². The van der Waals surface area contributed by atoms with Gasteiger partial charge in [0, 0.05) is 11.3 Å². The van der Waals surface area contributed by atoms with E-state index in [-0.39, 0.29) is 23.1 Å². The Balaban J connectivity index is 1.57. The number of nitrogens with zero attached hydrogens (tertiary/aromatic N) is 2. The van der Waals surface area contributed by atoms with Gasteiger partial charge in [0.1, 0.15) is 29.3 Å². The normalized spacial score (nSPS) is 20.1. The second kappa shape index (κ2) is 13.4. The number of rotatable bonds is 6. The van der Waals surface area contributed by atoms with E-state index in [2.05, 4.69) is 86.7 Å². The highest BCUT2D eigenvalue weighted by molar-refractivity contribution is 5.95. The summed E-state index contributed by atoms with van der Waals surface area (Å²) in [7, 11) is 0. The standard InChI is InChI=1S/C46H34F2N2/c1-30-27-36(32-11-7-4-8-12-32)19-26-41(30)45-42(34-15-22-39(47)23-16-34)43(37(28-49)29-50)44(35-17-24-40(48)25-18-35)46(45,2)38-20-13-33(14-21-38)31-9-5-3-6-10-31/h3-26,30,44H,27H2,1-2H3. The smallest absolute Gasteiger partial charge is 0.134 e. The van der Waals surface area contributed by atoms with Gasteiger partial charge < -0.3 is 0 Å². The lowest BCUT2D eigenvalue weighted by Gasteiger charge is -2.39. The van der Waals surface area contributed by atoms with Crippen LogP contribution in [0.4, 0.5) is 8.78 Å². The fraction of sp³-hybridized carbons (Fsp3) is 0.130. The maximum atomic E-state index is 14.5. The summed E-state index contributed by atoms with van der Waals surface area (Å²) < 4.78 is 28.9. The van der Waals surface area contributed by atoms with Gasteiger partial charge in [0.05, 0.1) is 0 Å². The van der Waals surface area contributed by atoms with Crippen molar-refractivity contribution < 1.29 is 8.78 Å². The minimum Gasteiger partial charge on any atom is -0.207 e. The van der Waals surface area contributed by atoms with Crippen molar-refractivity contribution in [3.63, 3.8) is 0 Å². The number of benzene rings is 5. The summed E-state index contributed by atoms with van der Waals surface area (Å²) in [5.74, 6) is -1.23. The Morgan fingerprint density at radius 3 is 1.72 bits per heavy atom. The third-order valence-electron chi connectivity index (χ3n) is 10.3. The van der Waals surface area contributed by atoms with Crippen molar-refractivity contribution in [1.82, 2.24) is 0 Å². The molecule has 0 heterocycles. The van der Waals surface area contributed by atoms with Gasteiger partial charge in [-0.25, -0.2) is 8.78 Å². The molecule has 2 aliphatic carbocycles. The molecule has 0 aromatic heterocycles. The van der Waals surface area contributed by atoms with Gasteiger partial charge in [-0.3, -0.25) is 0 Å². The Labute approximate surface area is 292 Å². The van der Waals surface area contributed by atoms with Gasteiger partial charge in [0.25, 0.3) is 0 Å². The summed E-state index contributed by atoms with van der Waals surface area (Å²) in [6.45, 7) is 4.38. The highest BCUT2D eigenvalue weighted by Gasteiger charge is 2.52. The molecule has 2 aliphatic rings. The van der Waals surface area contributed by atoms with Crippen LogP contribution in [0.15, 0.2) is 168 Å². The van der Waals surface area contributed by atoms with Crippen LogP contribution < -0.4 is 0 Å². The zero-order chi connectivity index (χ0) is 34.8. The second-order valence-electron chi connectivity index (χ2n) is 13.2. The number of halogens is 2. The predicted octanol–water partition coefficient (Wildman–Crippen LogP) is 11.5. The minimum absolute atomic E-state index is 0.0228. The van der Waals surface area contributed by atoms with Gasteiger partial charge in [-0.15, -0.1) is 0 Å². The monoisotopic (exact) mass is 652 g/mol. The number of allylic oxidation sites excluding steroid dienone is 8. The molecule has 7 rings (SSSR count). The van der Waals surface area contributed by atoms with E-state index in [0.717, 1.165) is 51.0 Å². The zero-order valence-electron chi connectivity index (χ0n) is 27.9. The molecule has 3 unspecified atom stereocenters. The fourth-order valence-electron chi connectivity index (χ4n) is 7.91. The average molecular weight is 653 g/mol. The zero-order valence-corrected chi connectivity index (χ0v) is 27.9. The first-order valence-corrected chi connectivity index (χ1v) is 16.8. The first-order chi connectivity index (χ1) is 24.3. The first kappa shape index (κ1) is 32.4. The molecule has 0 radical (unpaired) electrons. The molecule has 0 saturated carbocycles. The molecular weight excluding hydrogens is 619 g/mol. The summed E-state index contributed by atoms with van der Waals surface area (Å²) in [5.41, 5.74) is 9.50. The van der Waals surface area contributed by atoms with Crippen molar-refractivity contribution in [2.45, 2.75) is 31.6 Å². The van der Waals surface area contributed by atoms with E-state index >= 15 is 0 Å². The molecule has 0 saturated heterocycles. The maximum absolute atomic E-state index is 14.5. The molecule has 0 bridgehead atoms. The van der Waals surface area contributed by atoms with E-state index in [1.807, 2.05) is 36.4 Å². The highest BCUT2D eigenvalue weighted by Crippen LogP contribution is 2.63. The van der Waals surface area contributed by atoms with E-state index in [4.69, 9.17) is 0 Å². The van der Waals surface area contributed by atoms with Crippen molar-refractivity contribution in [2.75, 3.05) is 0 Å². The van der Waals surface area contributed by atoms with Gasteiger partial charge >= 0.3 is 0 Å². The minimum atomic E-state index is -0.830. The number of hydrogen-bond acceptors (Lipinski definition) is 2. The lowest BCUT2D eigenvalue weighted by molar-refractivity contribution is 0.501. The van der Waals surface area contributed by atoms with Gasteiger partial charge in [0.2, 0.25) is 0 Å². The topological polar surface area (TPSA) is 47.6 Å². The number of nitriles is 2. The summed E-state index contributed by atoms with van der Waals surface area (Å²) in [4.78, 5) is 0. The quantitative estimate of drug-likeness (QED) is 0.171. The summed E-state index contributed by atoms with van der Waals surface area (Å²) >= 11 is 0. The van der Waals surface area contributed by atoms with Gasteiger partial charge in [-0.2, -0.15) is 10.5 Å². The molecule has 2 nitrogen and oxygen atoms in total. The van der Waals surface area contributed by atoms with Crippen molar-refractivity contribution in [1.29, 1.82) is 10.5 Å². The van der Waals surface area contributed by atoms with Crippen LogP contribution in [0.2, 0.25) is 0 Å². The molecule has 50 heavy (non-hydrogen) atoms. The van der Waals surface area contributed by atoms with Crippen LogP contribution in [0.1, 0.15) is 48.4 Å². The SMILES string of the molecule is CC1CC(c2ccccc2)=CC=C1C1=C(c2ccc(F)cc2)C(=C(C#N)C#N)C(c2ccc(F)cc2)C1(C)c1ccc(-c2ccccc2)cc1. The lowest BCUT2D eigenvalue weighted by atomic mass is 9.63. The molecule has 4 heteroatoms. The molecular formula is C46H34F2N2. The molecule has 0 amide bonds. The van der Waals surface area contributed by atoms with Crippen molar-refractivity contribution in [3.05, 3.63) is 202 Å². The maximum Gasteiger partial charge on any atom is 0.134 e. The van der Waals surface area contributed by atoms with Crippen LogP contribution >= 0.6 is 0 Å². The Kier molecular flexibility index (Phi) is 8.71. The Hall–Kier alpha value is -6.10. The molecule has 5 aromatic carbocycles. The Bertz CT molecular complexity index is 2250. The largest absolute Gasteiger partial charge is 0.207 e. The summed E-state index contributed by atoms with van der Waals surface area (Å²) in [5, 5.41) is 21.0. The van der Waals surface area contributed by atoms with Gasteiger partial charge in [-0.1, -0.05) is 135 Å². The molecule has 0 N–H and O–H groups in total. The Morgan fingerprint density at radius 2 is 1.16 bits per heavy atom. The van der Waals surface area contributed by atoms with E-state index in [0.29, 0.717) is 11.1 Å². The molecule has 5 aromatic rings. The van der Waals surface area contributed by atoms with Crippen LogP contribution in [0.25, 0.3) is 22.3 Å². The van der Waals surface area contributed by atoms with Crippen molar-refractivity contribution >= 4 is 11.1 Å². The molecule has 242 valence electrons. The summed E-state index contributed by atoms with van der Waals surface area (Å²) in [6.07, 6.45) is 5.13. The van der Waals surface area contributed by atoms with E-state index in [9.17, 15) is 19.3 Å². The van der Waals surface area contributed by atoms with E-state index in [1.165, 1.54) is 29.8 Å². The van der Waals surface area contributed by atoms with Crippen LogP contribution in [-0.2, 0) is 5.41 Å². The first-order valence-electron chi connectivity index (χ1n) is 16.8. The molecule has 0 aliphatic heterocycles. The van der Waals surface area contributed by atoms with E-state index < -0.39 is 11.3 Å². The second-order valence-corrected chi connectivity index (χ2v) is 13.2. The summed E-state index contributed by atoms with van der Waals surface area (Å²) in [6, 6.07) is 46.0. The van der Waals surface area contributed by atoms with Crippen LogP contribution in [0, 0.1) is 40.2 Å². The molecule has 0 spiro atoms. The Morgan fingerprint density at radius 1 is 0.640 bits per heavy atom. The molecule has 3 atom stereocenters. The van der Waals surface area contributed by atoms with E-state index in [1.54, 1.807) is 24.3 Å². The van der Waals surface area contributed by atoms with Crippen LogP contribution in [0.5, 0.6) is 0 Å². The molecule has 0 fully saturated rings. The highest BCUT2D eigenvalue weighted by atomic mass is 19.1. The van der Waals surface area contributed by atoms with Crippen LogP contribution in [-0.4, -0.2) is 0 Å². The van der Waals surface area contributed by atoms with Gasteiger partial charge in [0.15, 0.2) is 0 Å². The van der Waals surface area contributed by atoms with Crippen molar-refractivity contribution in [2.24, 2.45) is 5.92 Å². The average Bonchev–Trinajstić information content (AvgIpc) is 3.42. The van der Waals surface area contributed by atoms with Crippen molar-refractivity contribution in [3.8, 4) is 23.3 Å². The third-order valence-corrected chi connectivity index (χ3v) is 10.3. The third kappa shape index (κ3) is 5.70.